The summed E-state index contributed by atoms with van der Waals surface area (Å²) in [5, 5.41) is 6.40. The van der Waals surface area contributed by atoms with E-state index in [-0.39, 0.29) is 23.1 Å². The molecule has 0 amide bonds. The quantitative estimate of drug-likeness (QED) is 0.334. The number of rotatable bonds is 7. The molecule has 2 aromatic heterocycles. The number of nitrogens with zero attached hydrogens (tertiary/aromatic N) is 2. The number of halogens is 1. The molecule has 7 heteroatoms. The van der Waals surface area contributed by atoms with Gasteiger partial charge in [0.2, 0.25) is 0 Å². The SMILES string of the molecule is Cc1nn(-c2ccccc2)c(Cl)c1C(=O)OCCCC(=O)c1cccs1. The highest BCUT2D eigenvalue weighted by molar-refractivity contribution is 7.12. The molecule has 0 aliphatic rings. The number of aryl methyl sites for hydroxylation is 1. The van der Waals surface area contributed by atoms with Gasteiger partial charge in [0, 0.05) is 6.42 Å². The van der Waals surface area contributed by atoms with Gasteiger partial charge in [0.25, 0.3) is 0 Å². The molecule has 3 rings (SSSR count). The Bertz CT molecular complexity index is 905. The van der Waals surface area contributed by atoms with Gasteiger partial charge in [0.15, 0.2) is 5.78 Å². The van der Waals surface area contributed by atoms with E-state index in [1.54, 1.807) is 13.0 Å². The monoisotopic (exact) mass is 388 g/mol. The van der Waals surface area contributed by atoms with Crippen molar-refractivity contribution < 1.29 is 14.3 Å². The lowest BCUT2D eigenvalue weighted by Crippen LogP contribution is -2.09. The normalized spacial score (nSPS) is 10.7. The summed E-state index contributed by atoms with van der Waals surface area (Å²) < 4.78 is 6.79. The van der Waals surface area contributed by atoms with E-state index >= 15 is 0 Å². The Morgan fingerprint density at radius 3 is 2.65 bits per heavy atom. The summed E-state index contributed by atoms with van der Waals surface area (Å²) in [5.74, 6) is -0.472. The van der Waals surface area contributed by atoms with Gasteiger partial charge < -0.3 is 4.74 Å². The van der Waals surface area contributed by atoms with Crippen molar-refractivity contribution in [3.63, 3.8) is 0 Å². The zero-order chi connectivity index (χ0) is 18.5. The number of aromatic nitrogens is 2. The summed E-state index contributed by atoms with van der Waals surface area (Å²) in [7, 11) is 0. The average molecular weight is 389 g/mol. The maximum absolute atomic E-state index is 12.4. The molecule has 0 radical (unpaired) electrons. The van der Waals surface area contributed by atoms with Gasteiger partial charge in [0.1, 0.15) is 10.7 Å². The van der Waals surface area contributed by atoms with Crippen LogP contribution in [0.1, 0.15) is 38.6 Å². The van der Waals surface area contributed by atoms with Crippen LogP contribution in [0.2, 0.25) is 5.15 Å². The fourth-order valence-corrected chi connectivity index (χ4v) is 3.55. The summed E-state index contributed by atoms with van der Waals surface area (Å²) in [6.07, 6.45) is 0.801. The summed E-state index contributed by atoms with van der Waals surface area (Å²) in [5.41, 5.74) is 1.51. The van der Waals surface area contributed by atoms with Crippen LogP contribution in [0.4, 0.5) is 0 Å². The van der Waals surface area contributed by atoms with Crippen LogP contribution in [0.15, 0.2) is 47.8 Å². The molecule has 0 aliphatic heterocycles. The first kappa shape index (κ1) is 18.4. The highest BCUT2D eigenvalue weighted by atomic mass is 35.5. The van der Waals surface area contributed by atoms with E-state index in [0.29, 0.717) is 18.5 Å². The van der Waals surface area contributed by atoms with Crippen LogP contribution >= 0.6 is 22.9 Å². The van der Waals surface area contributed by atoms with E-state index in [9.17, 15) is 9.59 Å². The van der Waals surface area contributed by atoms with Crippen LogP contribution in [0.5, 0.6) is 0 Å². The van der Waals surface area contributed by atoms with Crippen molar-refractivity contribution in [3.05, 3.63) is 69.1 Å². The van der Waals surface area contributed by atoms with Gasteiger partial charge in [-0.15, -0.1) is 11.3 Å². The fraction of sp³-hybridized carbons (Fsp3) is 0.211. The molecule has 2 heterocycles. The molecular weight excluding hydrogens is 372 g/mol. The van der Waals surface area contributed by atoms with Gasteiger partial charge in [-0.25, -0.2) is 9.48 Å². The Morgan fingerprint density at radius 2 is 1.96 bits per heavy atom. The number of para-hydroxylation sites is 1. The summed E-state index contributed by atoms with van der Waals surface area (Å²) in [6, 6.07) is 13.0. The van der Waals surface area contributed by atoms with Gasteiger partial charge in [-0.1, -0.05) is 35.9 Å². The first-order chi connectivity index (χ1) is 12.6. The number of thiophene rings is 1. The molecule has 0 spiro atoms. The summed E-state index contributed by atoms with van der Waals surface area (Å²) >= 11 is 7.75. The number of esters is 1. The van der Waals surface area contributed by atoms with Gasteiger partial charge in [-0.05, 0) is 36.9 Å². The predicted molar refractivity (Wildman–Crippen MR) is 101 cm³/mol. The number of carbonyl (C=O) groups excluding carboxylic acids is 2. The molecule has 0 aliphatic carbocycles. The van der Waals surface area contributed by atoms with Gasteiger partial charge in [-0.3, -0.25) is 4.79 Å². The van der Waals surface area contributed by atoms with E-state index in [1.165, 1.54) is 16.0 Å². The van der Waals surface area contributed by atoms with Crippen LogP contribution in [-0.4, -0.2) is 28.1 Å². The van der Waals surface area contributed by atoms with Crippen molar-refractivity contribution >= 4 is 34.7 Å². The lowest BCUT2D eigenvalue weighted by molar-refractivity contribution is 0.0493. The maximum atomic E-state index is 12.4. The molecule has 134 valence electrons. The Labute approximate surface area is 160 Å². The highest BCUT2D eigenvalue weighted by Crippen LogP contribution is 2.24. The molecule has 26 heavy (non-hydrogen) atoms. The topological polar surface area (TPSA) is 61.2 Å². The smallest absolute Gasteiger partial charge is 0.343 e. The molecule has 3 aromatic rings. The minimum atomic E-state index is -0.529. The molecule has 0 saturated heterocycles. The number of ether oxygens (including phenoxy) is 1. The molecule has 5 nitrogen and oxygen atoms in total. The number of carbonyl (C=O) groups is 2. The molecule has 0 bridgehead atoms. The van der Waals surface area contributed by atoms with Crippen molar-refractivity contribution in [2.75, 3.05) is 6.61 Å². The molecule has 0 saturated carbocycles. The minimum Gasteiger partial charge on any atom is -0.462 e. The van der Waals surface area contributed by atoms with E-state index in [1.807, 2.05) is 41.8 Å². The zero-order valence-electron chi connectivity index (χ0n) is 14.1. The van der Waals surface area contributed by atoms with E-state index in [0.717, 1.165) is 10.6 Å². The average Bonchev–Trinajstić information content (AvgIpc) is 3.27. The lowest BCUT2D eigenvalue weighted by Gasteiger charge is -2.05. The molecule has 0 N–H and O–H groups in total. The Morgan fingerprint density at radius 1 is 1.19 bits per heavy atom. The zero-order valence-corrected chi connectivity index (χ0v) is 15.7. The van der Waals surface area contributed by atoms with E-state index < -0.39 is 5.97 Å². The fourth-order valence-electron chi connectivity index (χ4n) is 2.50. The largest absolute Gasteiger partial charge is 0.462 e. The van der Waals surface area contributed by atoms with Crippen molar-refractivity contribution in [1.82, 2.24) is 9.78 Å². The molecular formula is C19H17ClN2O3S. The maximum Gasteiger partial charge on any atom is 0.343 e. The van der Waals surface area contributed by atoms with Crippen LogP contribution in [0.25, 0.3) is 5.69 Å². The third-order valence-corrected chi connectivity index (χ3v) is 5.05. The summed E-state index contributed by atoms with van der Waals surface area (Å²) in [6.45, 7) is 1.87. The molecule has 0 unspecified atom stereocenters. The number of Topliss-reactive ketones (excluding diaryl/α,β-unsaturated/α-hetero) is 1. The number of hydrogen-bond donors (Lipinski definition) is 0. The predicted octanol–water partition coefficient (Wildman–Crippen LogP) is 4.72. The second kappa shape index (κ2) is 8.29. The van der Waals surface area contributed by atoms with E-state index in [4.69, 9.17) is 16.3 Å². The minimum absolute atomic E-state index is 0.0576. The Kier molecular flexibility index (Phi) is 5.85. The third-order valence-electron chi connectivity index (χ3n) is 3.79. The Balaban J connectivity index is 1.60. The van der Waals surface area contributed by atoms with Crippen LogP contribution in [0, 0.1) is 6.92 Å². The van der Waals surface area contributed by atoms with Crippen molar-refractivity contribution in [3.8, 4) is 5.69 Å². The second-order valence-electron chi connectivity index (χ2n) is 5.64. The first-order valence-electron chi connectivity index (χ1n) is 8.12. The number of benzene rings is 1. The van der Waals surface area contributed by atoms with Crippen LogP contribution in [0.3, 0.4) is 0 Å². The third kappa shape index (κ3) is 4.03. The second-order valence-corrected chi connectivity index (χ2v) is 6.94. The van der Waals surface area contributed by atoms with E-state index in [2.05, 4.69) is 5.10 Å². The van der Waals surface area contributed by atoms with Crippen molar-refractivity contribution in [2.24, 2.45) is 0 Å². The Hall–Kier alpha value is -2.44. The molecule has 0 fully saturated rings. The van der Waals surface area contributed by atoms with Crippen molar-refractivity contribution in [2.45, 2.75) is 19.8 Å². The number of hydrogen-bond acceptors (Lipinski definition) is 5. The van der Waals surface area contributed by atoms with Gasteiger partial charge in [0.05, 0.1) is 22.9 Å². The van der Waals surface area contributed by atoms with Crippen molar-refractivity contribution in [1.29, 1.82) is 0 Å². The highest BCUT2D eigenvalue weighted by Gasteiger charge is 2.22. The molecule has 1 aromatic carbocycles. The van der Waals surface area contributed by atoms with Crippen LogP contribution in [-0.2, 0) is 4.74 Å². The van der Waals surface area contributed by atoms with Crippen LogP contribution < -0.4 is 0 Å². The summed E-state index contributed by atoms with van der Waals surface area (Å²) in [4.78, 5) is 25.0. The first-order valence-corrected chi connectivity index (χ1v) is 9.38. The van der Waals surface area contributed by atoms with Gasteiger partial charge >= 0.3 is 5.97 Å². The van der Waals surface area contributed by atoms with Gasteiger partial charge in [-0.2, -0.15) is 5.10 Å². The number of ketones is 1. The lowest BCUT2D eigenvalue weighted by atomic mass is 10.2. The standard InChI is InChI=1S/C19H17ClN2O3S/c1-13-17(18(20)22(21-13)14-7-3-2-4-8-14)19(24)25-11-5-9-15(23)16-10-6-12-26-16/h2-4,6-8,10,12H,5,9,11H2,1H3. The molecule has 0 atom stereocenters.